The van der Waals surface area contributed by atoms with Crippen molar-refractivity contribution in [3.63, 3.8) is 0 Å². The van der Waals surface area contributed by atoms with E-state index in [0.717, 1.165) is 27.6 Å². The molecule has 4 aromatic carbocycles. The molecular formula is C33H29FN6O7S. The Morgan fingerprint density at radius 3 is 2.44 bits per heavy atom. The minimum Gasteiger partial charge on any atom is -0.506 e. The first kappa shape index (κ1) is 31.1. The number of carbonyl (C=O) groups excluding carboxylic acids is 4. The number of hydrogen-bond acceptors (Lipinski definition) is 9. The first-order chi connectivity index (χ1) is 22.9. The molecule has 1 unspecified atom stereocenters. The van der Waals surface area contributed by atoms with Gasteiger partial charge in [0.2, 0.25) is 17.7 Å². The third kappa shape index (κ3) is 5.57. The van der Waals surface area contributed by atoms with Crippen LogP contribution in [0.5, 0.6) is 5.75 Å². The van der Waals surface area contributed by atoms with Crippen molar-refractivity contribution in [1.29, 1.82) is 0 Å². The highest BCUT2D eigenvalue weighted by Crippen LogP contribution is 2.50. The summed E-state index contributed by atoms with van der Waals surface area (Å²) in [5.74, 6) is -3.70. The maximum Gasteiger partial charge on any atom is 0.260 e. The minimum absolute atomic E-state index is 0.0439. The summed E-state index contributed by atoms with van der Waals surface area (Å²) in [4.78, 5) is 48.6. The summed E-state index contributed by atoms with van der Waals surface area (Å²) < 4.78 is 40.1. The van der Waals surface area contributed by atoms with Gasteiger partial charge >= 0.3 is 0 Å². The third-order valence-corrected chi connectivity index (χ3v) is 9.94. The lowest BCUT2D eigenvalue weighted by Crippen LogP contribution is -2.39. The van der Waals surface area contributed by atoms with Gasteiger partial charge in [-0.3, -0.25) is 38.3 Å². The van der Waals surface area contributed by atoms with Gasteiger partial charge in [-0.15, -0.1) is 0 Å². The zero-order chi connectivity index (χ0) is 33.9. The van der Waals surface area contributed by atoms with Gasteiger partial charge in [-0.05, 0) is 69.8 Å². The number of phenols is 1. The standard InChI is InChI=1S/C33H29FN6O7S/c1-39-25-14-19(6-8-23(25)31(37-39)24-10-11-27(42)36-33(24)45)18-4-2-17(3-5-18)12-28(43)35-21-7-9-22-20(13-21)15-26(41)32(30(22)34)40-16-29(44)38-48(40,46)47/h2-9,13-15,24,41,46-47H,10-12,16H2,1H3,(H,35,43)(H,38,44)(H,36,42,45). The Balaban J connectivity index is 1.05. The number of phenolic OH excluding ortho intramolecular Hbond substituents is 1. The molecule has 5 aromatic rings. The van der Waals surface area contributed by atoms with Crippen LogP contribution >= 0.6 is 11.0 Å². The minimum atomic E-state index is -3.84. The fraction of sp³-hybridized carbons (Fsp3) is 0.182. The van der Waals surface area contributed by atoms with Crippen molar-refractivity contribution in [2.24, 2.45) is 7.05 Å². The topological polar surface area (TPSA) is 186 Å². The number of fused-ring (bicyclic) bond motifs is 2. The van der Waals surface area contributed by atoms with Crippen LogP contribution in [-0.2, 0) is 32.6 Å². The Morgan fingerprint density at radius 1 is 1.00 bits per heavy atom. The summed E-state index contributed by atoms with van der Waals surface area (Å²) >= 11 is 0. The van der Waals surface area contributed by atoms with E-state index in [1.54, 1.807) is 4.68 Å². The van der Waals surface area contributed by atoms with E-state index >= 15 is 4.39 Å². The van der Waals surface area contributed by atoms with E-state index in [2.05, 4.69) is 15.7 Å². The fourth-order valence-electron chi connectivity index (χ4n) is 6.20. The number of anilines is 2. The van der Waals surface area contributed by atoms with E-state index in [-0.39, 0.29) is 41.3 Å². The van der Waals surface area contributed by atoms with Gasteiger partial charge in [0.15, 0.2) is 5.82 Å². The number of halogens is 1. The van der Waals surface area contributed by atoms with Crippen molar-refractivity contribution < 1.29 is 37.8 Å². The van der Waals surface area contributed by atoms with E-state index in [1.807, 2.05) is 54.2 Å². The number of nitrogens with one attached hydrogen (secondary N) is 3. The van der Waals surface area contributed by atoms with Crippen molar-refractivity contribution in [1.82, 2.24) is 19.8 Å². The zero-order valence-corrected chi connectivity index (χ0v) is 26.2. The van der Waals surface area contributed by atoms with Gasteiger partial charge in [0, 0.05) is 29.9 Å². The molecule has 246 valence electrons. The molecule has 0 radical (unpaired) electrons. The van der Waals surface area contributed by atoms with Gasteiger partial charge in [-0.25, -0.2) is 13.4 Å². The fourth-order valence-corrected chi connectivity index (χ4v) is 7.41. The van der Waals surface area contributed by atoms with Crippen molar-refractivity contribution in [2.45, 2.75) is 25.2 Å². The molecule has 2 aliphatic rings. The molecular weight excluding hydrogens is 643 g/mol. The second-order valence-corrected chi connectivity index (χ2v) is 13.4. The molecule has 4 amide bonds. The van der Waals surface area contributed by atoms with Gasteiger partial charge in [0.1, 0.15) is 18.0 Å². The first-order valence-electron chi connectivity index (χ1n) is 14.9. The van der Waals surface area contributed by atoms with Crippen LogP contribution in [0.25, 0.3) is 32.8 Å². The number of amides is 4. The molecule has 0 spiro atoms. The summed E-state index contributed by atoms with van der Waals surface area (Å²) in [6.45, 7) is -0.541. The molecule has 3 heterocycles. The summed E-state index contributed by atoms with van der Waals surface area (Å²) in [5, 5.41) is 21.4. The van der Waals surface area contributed by atoms with E-state index in [9.17, 15) is 33.4 Å². The molecule has 2 aliphatic heterocycles. The van der Waals surface area contributed by atoms with Crippen molar-refractivity contribution >= 4 is 67.6 Å². The molecule has 48 heavy (non-hydrogen) atoms. The van der Waals surface area contributed by atoms with Crippen LogP contribution in [0.1, 0.15) is 30.0 Å². The number of benzene rings is 4. The van der Waals surface area contributed by atoms with Gasteiger partial charge in [-0.1, -0.05) is 36.4 Å². The maximum atomic E-state index is 15.4. The zero-order valence-electron chi connectivity index (χ0n) is 25.4. The second-order valence-electron chi connectivity index (χ2n) is 11.7. The molecule has 7 rings (SSSR count). The number of aryl methyl sites for hydroxylation is 1. The van der Waals surface area contributed by atoms with Gasteiger partial charge < -0.3 is 10.4 Å². The van der Waals surface area contributed by atoms with Crippen LogP contribution in [0.15, 0.2) is 66.7 Å². The van der Waals surface area contributed by atoms with Gasteiger partial charge in [-0.2, -0.15) is 5.10 Å². The van der Waals surface area contributed by atoms with E-state index in [0.29, 0.717) is 22.1 Å². The van der Waals surface area contributed by atoms with Crippen LogP contribution in [0, 0.1) is 5.82 Å². The molecule has 13 nitrogen and oxygen atoms in total. The lowest BCUT2D eigenvalue weighted by Gasteiger charge is -2.36. The molecule has 15 heteroatoms. The average Bonchev–Trinajstić information content (AvgIpc) is 3.50. The van der Waals surface area contributed by atoms with E-state index in [4.69, 9.17) is 0 Å². The molecule has 2 fully saturated rings. The molecule has 2 saturated heterocycles. The molecule has 6 N–H and O–H groups in total. The van der Waals surface area contributed by atoms with Crippen molar-refractivity contribution in [3.8, 4) is 16.9 Å². The number of nitrogens with zero attached hydrogens (tertiary/aromatic N) is 3. The molecule has 0 saturated carbocycles. The van der Waals surface area contributed by atoms with Crippen LogP contribution < -0.4 is 19.7 Å². The number of imide groups is 1. The lowest BCUT2D eigenvalue weighted by atomic mass is 9.92. The molecule has 0 aliphatic carbocycles. The number of hydrogen-bond donors (Lipinski definition) is 6. The molecule has 1 atom stereocenters. The van der Waals surface area contributed by atoms with Crippen LogP contribution in [0.4, 0.5) is 15.8 Å². The van der Waals surface area contributed by atoms with Crippen LogP contribution in [0.2, 0.25) is 0 Å². The number of aromatic hydroxyl groups is 1. The van der Waals surface area contributed by atoms with Crippen molar-refractivity contribution in [3.05, 3.63) is 83.8 Å². The highest BCUT2D eigenvalue weighted by atomic mass is 32.3. The second kappa shape index (κ2) is 11.6. The number of rotatable bonds is 6. The highest BCUT2D eigenvalue weighted by molar-refractivity contribution is 8.24. The normalized spacial score (nSPS) is 18.2. The Morgan fingerprint density at radius 2 is 1.73 bits per heavy atom. The Hall–Kier alpha value is -5.51. The summed E-state index contributed by atoms with van der Waals surface area (Å²) in [5.41, 5.74) is 3.91. The SMILES string of the molecule is Cn1nc(C2CCC(=O)NC2=O)c2ccc(-c3ccc(CC(=O)Nc4ccc5c(F)c(N6CC(=O)NS6(O)O)c(O)cc5c4)cc3)cc21. The van der Waals surface area contributed by atoms with Gasteiger partial charge in [0.05, 0.1) is 23.5 Å². The predicted molar refractivity (Wildman–Crippen MR) is 178 cm³/mol. The lowest BCUT2D eigenvalue weighted by molar-refractivity contribution is -0.134. The van der Waals surface area contributed by atoms with Crippen LogP contribution in [0.3, 0.4) is 0 Å². The summed E-state index contributed by atoms with van der Waals surface area (Å²) in [7, 11) is -2.03. The highest BCUT2D eigenvalue weighted by Gasteiger charge is 2.38. The maximum absolute atomic E-state index is 15.4. The predicted octanol–water partition coefficient (Wildman–Crippen LogP) is 4.46. The monoisotopic (exact) mass is 672 g/mol. The summed E-state index contributed by atoms with van der Waals surface area (Å²) in [6, 6.07) is 18.9. The Kier molecular flexibility index (Phi) is 7.53. The van der Waals surface area contributed by atoms with Crippen molar-refractivity contribution in [2.75, 3.05) is 16.2 Å². The summed E-state index contributed by atoms with van der Waals surface area (Å²) in [6.07, 6.45) is 0.739. The quantitative estimate of drug-likeness (QED) is 0.142. The van der Waals surface area contributed by atoms with E-state index < -0.39 is 46.6 Å². The Labute approximate surface area is 274 Å². The molecule has 0 bridgehead atoms. The number of carbonyl (C=O) groups is 4. The van der Waals surface area contributed by atoms with Gasteiger partial charge in [0.25, 0.3) is 5.91 Å². The van der Waals surface area contributed by atoms with E-state index in [1.165, 1.54) is 24.3 Å². The first-order valence-corrected chi connectivity index (χ1v) is 16.4. The number of aromatic nitrogens is 2. The smallest absolute Gasteiger partial charge is 0.260 e. The largest absolute Gasteiger partial charge is 0.506 e. The molecule has 1 aromatic heterocycles. The number of piperidine rings is 1. The average molecular weight is 673 g/mol. The Bertz CT molecular complexity index is 2190. The van der Waals surface area contributed by atoms with Crippen LogP contribution in [-0.4, -0.2) is 54.2 Å². The third-order valence-electron chi connectivity index (χ3n) is 8.51.